The maximum atomic E-state index is 12.1. The molecule has 0 aliphatic carbocycles. The van der Waals surface area contributed by atoms with Crippen LogP contribution in [-0.2, 0) is 15.8 Å². The first-order chi connectivity index (χ1) is 8.96. The van der Waals surface area contributed by atoms with Crippen molar-refractivity contribution in [2.24, 2.45) is 0 Å². The summed E-state index contributed by atoms with van der Waals surface area (Å²) < 4.78 is 27.5. The lowest BCUT2D eigenvalue weighted by atomic mass is 10.2. The minimum absolute atomic E-state index is 0.0336. The van der Waals surface area contributed by atoms with Gasteiger partial charge in [0.15, 0.2) is 0 Å². The van der Waals surface area contributed by atoms with Crippen LogP contribution in [0, 0.1) is 6.92 Å². The van der Waals surface area contributed by atoms with E-state index in [1.165, 1.54) is 0 Å². The molecule has 0 aliphatic heterocycles. The zero-order valence-electron chi connectivity index (χ0n) is 10.4. The number of aryl methyl sites for hydroxylation is 1. The van der Waals surface area contributed by atoms with Gasteiger partial charge in [-0.05, 0) is 46.1 Å². The Morgan fingerprint density at radius 2 is 1.79 bits per heavy atom. The van der Waals surface area contributed by atoms with Crippen LogP contribution >= 0.6 is 15.9 Å². The average Bonchev–Trinajstić information content (AvgIpc) is 2.33. The van der Waals surface area contributed by atoms with Gasteiger partial charge in [0.05, 0.1) is 11.4 Å². The Morgan fingerprint density at radius 3 is 2.42 bits per heavy atom. The third kappa shape index (κ3) is 4.08. The third-order valence-corrected chi connectivity index (χ3v) is 4.49. The minimum Gasteiger partial charge on any atom is -0.282 e. The van der Waals surface area contributed by atoms with Crippen molar-refractivity contribution < 1.29 is 8.42 Å². The summed E-state index contributed by atoms with van der Waals surface area (Å²) >= 11 is 3.36. The van der Waals surface area contributed by atoms with Crippen LogP contribution in [0.25, 0.3) is 0 Å². The number of hydrogen-bond donors (Lipinski definition) is 1. The van der Waals surface area contributed by atoms with Gasteiger partial charge in [-0.3, -0.25) is 4.72 Å². The molecule has 1 N–H and O–H groups in total. The topological polar surface area (TPSA) is 46.2 Å². The van der Waals surface area contributed by atoms with E-state index in [0.29, 0.717) is 5.69 Å². The average molecular weight is 340 g/mol. The number of halogens is 1. The number of anilines is 1. The van der Waals surface area contributed by atoms with Crippen LogP contribution in [0.5, 0.6) is 0 Å². The molecule has 0 bridgehead atoms. The first-order valence-electron chi connectivity index (χ1n) is 5.77. The quantitative estimate of drug-likeness (QED) is 0.922. The molecule has 5 heteroatoms. The Bertz CT molecular complexity index is 669. The summed E-state index contributed by atoms with van der Waals surface area (Å²) in [5.74, 6) is -0.0336. The van der Waals surface area contributed by atoms with Gasteiger partial charge in [-0.15, -0.1) is 0 Å². The summed E-state index contributed by atoms with van der Waals surface area (Å²) in [5.41, 5.74) is 2.39. The highest BCUT2D eigenvalue weighted by molar-refractivity contribution is 9.10. The van der Waals surface area contributed by atoms with Crippen molar-refractivity contribution in [1.29, 1.82) is 0 Å². The molecule has 0 fully saturated rings. The van der Waals surface area contributed by atoms with Crippen LogP contribution in [0.2, 0.25) is 0 Å². The van der Waals surface area contributed by atoms with Crippen LogP contribution in [0.15, 0.2) is 53.0 Å². The normalized spacial score (nSPS) is 11.3. The highest BCUT2D eigenvalue weighted by atomic mass is 79.9. The van der Waals surface area contributed by atoms with Crippen LogP contribution in [0.4, 0.5) is 5.69 Å². The molecule has 0 atom stereocenters. The van der Waals surface area contributed by atoms with Gasteiger partial charge in [0.1, 0.15) is 0 Å². The molecule has 19 heavy (non-hydrogen) atoms. The zero-order chi connectivity index (χ0) is 13.9. The number of nitrogens with one attached hydrogen (secondary N) is 1. The monoisotopic (exact) mass is 339 g/mol. The van der Waals surface area contributed by atoms with Gasteiger partial charge in [-0.25, -0.2) is 8.42 Å². The van der Waals surface area contributed by atoms with E-state index in [4.69, 9.17) is 0 Å². The van der Waals surface area contributed by atoms with Gasteiger partial charge in [0, 0.05) is 4.47 Å². The highest BCUT2D eigenvalue weighted by Gasteiger charge is 2.13. The molecule has 0 amide bonds. The maximum Gasteiger partial charge on any atom is 0.236 e. The van der Waals surface area contributed by atoms with Gasteiger partial charge in [-0.1, -0.05) is 36.4 Å². The van der Waals surface area contributed by atoms with Crippen LogP contribution < -0.4 is 4.72 Å². The molecule has 100 valence electrons. The number of sulfonamides is 1. The van der Waals surface area contributed by atoms with Crippen molar-refractivity contribution in [3.8, 4) is 0 Å². The lowest BCUT2D eigenvalue weighted by Crippen LogP contribution is -2.15. The molecule has 0 unspecified atom stereocenters. The standard InChI is InChI=1S/C14H14BrNO2S/c1-11-7-8-14(13(15)9-11)16-19(17,18)10-12-5-3-2-4-6-12/h2-9,16H,10H2,1H3. The van der Waals surface area contributed by atoms with E-state index in [0.717, 1.165) is 15.6 Å². The number of rotatable bonds is 4. The minimum atomic E-state index is -3.40. The lowest BCUT2D eigenvalue weighted by Gasteiger charge is -2.10. The van der Waals surface area contributed by atoms with Crippen LogP contribution in [-0.4, -0.2) is 8.42 Å². The molecule has 0 saturated heterocycles. The van der Waals surface area contributed by atoms with Gasteiger partial charge in [0.2, 0.25) is 10.0 Å². The Hall–Kier alpha value is -1.33. The van der Waals surface area contributed by atoms with Crippen LogP contribution in [0.1, 0.15) is 11.1 Å². The van der Waals surface area contributed by atoms with E-state index in [2.05, 4.69) is 20.7 Å². The van der Waals surface area contributed by atoms with E-state index in [1.54, 1.807) is 18.2 Å². The molecule has 0 saturated carbocycles. The van der Waals surface area contributed by atoms with E-state index >= 15 is 0 Å². The molecule has 0 heterocycles. The summed E-state index contributed by atoms with van der Waals surface area (Å²) in [6.45, 7) is 1.95. The summed E-state index contributed by atoms with van der Waals surface area (Å²) in [6, 6.07) is 14.6. The first kappa shape index (κ1) is 14.1. The maximum absolute atomic E-state index is 12.1. The van der Waals surface area contributed by atoms with Crippen molar-refractivity contribution >= 4 is 31.6 Å². The smallest absolute Gasteiger partial charge is 0.236 e. The van der Waals surface area contributed by atoms with Crippen molar-refractivity contribution in [3.05, 3.63) is 64.1 Å². The van der Waals surface area contributed by atoms with Crippen molar-refractivity contribution in [2.45, 2.75) is 12.7 Å². The predicted octanol–water partition coefficient (Wildman–Crippen LogP) is 3.70. The molecular formula is C14H14BrNO2S. The highest BCUT2D eigenvalue weighted by Crippen LogP contribution is 2.25. The van der Waals surface area contributed by atoms with Gasteiger partial charge in [0.25, 0.3) is 0 Å². The molecule has 2 aromatic carbocycles. The zero-order valence-corrected chi connectivity index (χ0v) is 12.8. The first-order valence-corrected chi connectivity index (χ1v) is 8.21. The fourth-order valence-corrected chi connectivity index (χ4v) is 3.64. The molecule has 0 spiro atoms. The molecule has 2 aromatic rings. The van der Waals surface area contributed by atoms with Gasteiger partial charge < -0.3 is 0 Å². The third-order valence-electron chi connectivity index (χ3n) is 2.59. The fourth-order valence-electron chi connectivity index (χ4n) is 1.70. The second kappa shape index (κ2) is 5.75. The second-order valence-corrected chi connectivity index (χ2v) is 6.91. The Kier molecular flexibility index (Phi) is 4.27. The Morgan fingerprint density at radius 1 is 1.11 bits per heavy atom. The van der Waals surface area contributed by atoms with E-state index < -0.39 is 10.0 Å². The summed E-state index contributed by atoms with van der Waals surface area (Å²) in [6.07, 6.45) is 0. The second-order valence-electron chi connectivity index (χ2n) is 4.33. The molecule has 3 nitrogen and oxygen atoms in total. The van der Waals surface area contributed by atoms with Gasteiger partial charge >= 0.3 is 0 Å². The number of hydrogen-bond acceptors (Lipinski definition) is 2. The Balaban J connectivity index is 2.17. The Labute approximate surface area is 121 Å². The number of benzene rings is 2. The van der Waals surface area contributed by atoms with Crippen LogP contribution in [0.3, 0.4) is 0 Å². The molecule has 0 aliphatic rings. The fraction of sp³-hybridized carbons (Fsp3) is 0.143. The van der Waals surface area contributed by atoms with Crippen molar-refractivity contribution in [1.82, 2.24) is 0 Å². The van der Waals surface area contributed by atoms with E-state index in [-0.39, 0.29) is 5.75 Å². The van der Waals surface area contributed by atoms with E-state index in [9.17, 15) is 8.42 Å². The molecular weight excluding hydrogens is 326 g/mol. The summed E-state index contributed by atoms with van der Waals surface area (Å²) in [5, 5.41) is 0. The lowest BCUT2D eigenvalue weighted by molar-refractivity contribution is 0.600. The summed E-state index contributed by atoms with van der Waals surface area (Å²) in [7, 11) is -3.40. The SMILES string of the molecule is Cc1ccc(NS(=O)(=O)Cc2ccccc2)c(Br)c1. The van der Waals surface area contributed by atoms with E-state index in [1.807, 2.05) is 37.3 Å². The largest absolute Gasteiger partial charge is 0.282 e. The molecule has 2 rings (SSSR count). The molecule has 0 aromatic heterocycles. The van der Waals surface area contributed by atoms with Crippen molar-refractivity contribution in [2.75, 3.05) is 4.72 Å². The predicted molar refractivity (Wildman–Crippen MR) is 81.6 cm³/mol. The van der Waals surface area contributed by atoms with Crippen molar-refractivity contribution in [3.63, 3.8) is 0 Å². The molecule has 0 radical (unpaired) electrons. The van der Waals surface area contributed by atoms with Gasteiger partial charge in [-0.2, -0.15) is 0 Å². The summed E-state index contributed by atoms with van der Waals surface area (Å²) in [4.78, 5) is 0.